The van der Waals surface area contributed by atoms with Gasteiger partial charge in [-0.05, 0) is 99.8 Å². The van der Waals surface area contributed by atoms with Crippen LogP contribution in [0.1, 0.15) is 0 Å². The van der Waals surface area contributed by atoms with Crippen molar-refractivity contribution in [2.24, 2.45) is 0 Å². The van der Waals surface area contributed by atoms with E-state index < -0.39 is 0 Å². The van der Waals surface area contributed by atoms with Gasteiger partial charge in [0.1, 0.15) is 0 Å². The van der Waals surface area contributed by atoms with E-state index in [-0.39, 0.29) is 0 Å². The zero-order valence-corrected chi connectivity index (χ0v) is 30.7. The highest BCUT2D eigenvalue weighted by atomic mass is 32.1. The van der Waals surface area contributed by atoms with Crippen molar-refractivity contribution in [3.05, 3.63) is 206 Å². The summed E-state index contributed by atoms with van der Waals surface area (Å²) in [5.74, 6) is 0. The van der Waals surface area contributed by atoms with E-state index in [0.29, 0.717) is 0 Å². The van der Waals surface area contributed by atoms with Gasteiger partial charge in [0.2, 0.25) is 0 Å². The number of thiophene rings is 1. The highest BCUT2D eigenvalue weighted by molar-refractivity contribution is 7.25. The van der Waals surface area contributed by atoms with Crippen molar-refractivity contribution in [1.29, 1.82) is 0 Å². The van der Waals surface area contributed by atoms with Crippen LogP contribution < -0.4 is 4.90 Å². The van der Waals surface area contributed by atoms with Gasteiger partial charge < -0.3 is 9.47 Å². The SMILES string of the molecule is c1cc(-c2ccc(N(c3ccc(-c4cccc5ccccc45)cc3)c3ccc4c(c3)sc3ccccc34)cc2)cc(-n2c3ccccc3c3ccccc32)c1. The summed E-state index contributed by atoms with van der Waals surface area (Å²) in [6.45, 7) is 0. The third-order valence-electron chi connectivity index (χ3n) is 11.0. The van der Waals surface area contributed by atoms with Gasteiger partial charge in [-0.2, -0.15) is 0 Å². The molecule has 0 saturated heterocycles. The fourth-order valence-electron chi connectivity index (χ4n) is 8.40. The van der Waals surface area contributed by atoms with Gasteiger partial charge in [0.25, 0.3) is 0 Å². The van der Waals surface area contributed by atoms with E-state index in [2.05, 4.69) is 216 Å². The van der Waals surface area contributed by atoms with Gasteiger partial charge in [-0.15, -0.1) is 11.3 Å². The molecular formula is C52H34N2S. The molecular weight excluding hydrogens is 685 g/mol. The second-order valence-corrected chi connectivity index (χ2v) is 15.2. The van der Waals surface area contributed by atoms with Gasteiger partial charge in [-0.3, -0.25) is 0 Å². The number of fused-ring (bicyclic) bond motifs is 7. The molecule has 9 aromatic carbocycles. The summed E-state index contributed by atoms with van der Waals surface area (Å²) < 4.78 is 4.98. The molecule has 0 aliphatic heterocycles. The molecule has 0 fully saturated rings. The molecule has 11 rings (SSSR count). The third-order valence-corrected chi connectivity index (χ3v) is 12.1. The van der Waals surface area contributed by atoms with Crippen LogP contribution >= 0.6 is 11.3 Å². The number of benzene rings is 9. The molecule has 55 heavy (non-hydrogen) atoms. The molecule has 3 heteroatoms. The highest BCUT2D eigenvalue weighted by Crippen LogP contribution is 2.42. The molecule has 2 nitrogen and oxygen atoms in total. The number of rotatable bonds is 6. The van der Waals surface area contributed by atoms with Crippen molar-refractivity contribution < 1.29 is 0 Å². The Bertz CT molecular complexity index is 3150. The Kier molecular flexibility index (Phi) is 7.39. The smallest absolute Gasteiger partial charge is 0.0541 e. The normalized spacial score (nSPS) is 11.6. The van der Waals surface area contributed by atoms with Gasteiger partial charge >= 0.3 is 0 Å². The summed E-state index contributed by atoms with van der Waals surface area (Å²) in [4.78, 5) is 2.38. The molecule has 0 aliphatic rings. The third kappa shape index (κ3) is 5.32. The Balaban J connectivity index is 1.00. The first-order chi connectivity index (χ1) is 27.3. The molecule has 0 radical (unpaired) electrons. The number of hydrogen-bond acceptors (Lipinski definition) is 2. The first kappa shape index (κ1) is 31.6. The zero-order chi connectivity index (χ0) is 36.3. The topological polar surface area (TPSA) is 8.17 Å². The molecule has 0 bridgehead atoms. The molecule has 0 saturated carbocycles. The average Bonchev–Trinajstić information content (AvgIpc) is 3.80. The van der Waals surface area contributed by atoms with E-state index in [1.54, 1.807) is 0 Å². The summed E-state index contributed by atoms with van der Waals surface area (Å²) in [5, 5.41) is 7.67. The van der Waals surface area contributed by atoms with Crippen molar-refractivity contribution in [3.63, 3.8) is 0 Å². The largest absolute Gasteiger partial charge is 0.310 e. The fraction of sp³-hybridized carbons (Fsp3) is 0. The Morgan fingerprint density at radius 3 is 1.65 bits per heavy atom. The maximum absolute atomic E-state index is 2.39. The van der Waals surface area contributed by atoms with Crippen LogP contribution in [-0.2, 0) is 0 Å². The van der Waals surface area contributed by atoms with Crippen LogP contribution in [-0.4, -0.2) is 4.57 Å². The van der Waals surface area contributed by atoms with Gasteiger partial charge in [0.05, 0.1) is 11.0 Å². The van der Waals surface area contributed by atoms with E-state index in [1.165, 1.54) is 75.0 Å². The van der Waals surface area contributed by atoms with Crippen LogP contribution in [0, 0.1) is 0 Å². The van der Waals surface area contributed by atoms with E-state index in [4.69, 9.17) is 0 Å². The summed E-state index contributed by atoms with van der Waals surface area (Å²) in [6.07, 6.45) is 0. The minimum absolute atomic E-state index is 1.11. The zero-order valence-electron chi connectivity index (χ0n) is 29.9. The Labute approximate surface area is 323 Å². The van der Waals surface area contributed by atoms with Crippen molar-refractivity contribution >= 4 is 81.1 Å². The molecule has 0 amide bonds. The quantitative estimate of drug-likeness (QED) is 0.166. The lowest BCUT2D eigenvalue weighted by Crippen LogP contribution is -2.09. The van der Waals surface area contributed by atoms with Crippen LogP contribution in [0.15, 0.2) is 206 Å². The van der Waals surface area contributed by atoms with Gasteiger partial charge in [0, 0.05) is 53.7 Å². The molecule has 2 heterocycles. The van der Waals surface area contributed by atoms with Gasteiger partial charge in [-0.25, -0.2) is 0 Å². The molecule has 11 aromatic rings. The van der Waals surface area contributed by atoms with E-state index in [0.717, 1.165) is 22.7 Å². The predicted molar refractivity (Wildman–Crippen MR) is 237 cm³/mol. The summed E-state index contributed by atoms with van der Waals surface area (Å²) in [7, 11) is 0. The number of hydrogen-bond donors (Lipinski definition) is 0. The van der Waals surface area contributed by atoms with E-state index in [9.17, 15) is 0 Å². The summed E-state index contributed by atoms with van der Waals surface area (Å²) >= 11 is 1.86. The van der Waals surface area contributed by atoms with Crippen molar-refractivity contribution in [3.8, 4) is 27.9 Å². The lowest BCUT2D eigenvalue weighted by Gasteiger charge is -2.26. The minimum atomic E-state index is 1.11. The number of anilines is 3. The second kappa shape index (κ2) is 12.9. The van der Waals surface area contributed by atoms with Crippen molar-refractivity contribution in [1.82, 2.24) is 4.57 Å². The Morgan fingerprint density at radius 2 is 0.909 bits per heavy atom. The number of nitrogens with zero attached hydrogens (tertiary/aromatic N) is 2. The number of aromatic nitrogens is 1. The van der Waals surface area contributed by atoms with E-state index >= 15 is 0 Å². The fourth-order valence-corrected chi connectivity index (χ4v) is 9.54. The van der Waals surface area contributed by atoms with Crippen LogP contribution in [0.5, 0.6) is 0 Å². The summed E-state index contributed by atoms with van der Waals surface area (Å²) in [5.41, 5.74) is 11.8. The molecule has 0 spiro atoms. The highest BCUT2D eigenvalue weighted by Gasteiger charge is 2.17. The van der Waals surface area contributed by atoms with Gasteiger partial charge in [0.15, 0.2) is 0 Å². The lowest BCUT2D eigenvalue weighted by atomic mass is 9.98. The first-order valence-corrected chi connectivity index (χ1v) is 19.6. The van der Waals surface area contributed by atoms with Crippen molar-refractivity contribution in [2.45, 2.75) is 0 Å². The molecule has 0 atom stereocenters. The monoisotopic (exact) mass is 718 g/mol. The predicted octanol–water partition coefficient (Wildman–Crippen LogP) is 15.1. The van der Waals surface area contributed by atoms with Crippen LogP contribution in [0.2, 0.25) is 0 Å². The molecule has 0 aliphatic carbocycles. The van der Waals surface area contributed by atoms with Gasteiger partial charge in [-0.1, -0.05) is 140 Å². The second-order valence-electron chi connectivity index (χ2n) is 14.2. The number of para-hydroxylation sites is 2. The Morgan fingerprint density at radius 1 is 0.345 bits per heavy atom. The van der Waals surface area contributed by atoms with E-state index in [1.807, 2.05) is 11.3 Å². The minimum Gasteiger partial charge on any atom is -0.310 e. The van der Waals surface area contributed by atoms with Crippen LogP contribution in [0.25, 0.3) is 80.7 Å². The lowest BCUT2D eigenvalue weighted by molar-refractivity contribution is 1.18. The maximum atomic E-state index is 2.39. The standard InChI is InChI=1S/C52H34N2S/c1-2-15-43-36(11-1)12-10-19-44(43)37-25-29-40(30-26-37)53(42-31-32-48-47-18-5-8-22-51(47)55-52(48)34-42)39-27-23-35(24-28-39)38-13-9-14-41(33-38)54-49-20-6-3-16-45(49)46-17-4-7-21-50(46)54/h1-34H. The first-order valence-electron chi connectivity index (χ1n) is 18.8. The molecule has 2 aromatic heterocycles. The average molecular weight is 719 g/mol. The Hall–Kier alpha value is -6.94. The molecule has 258 valence electrons. The van der Waals surface area contributed by atoms with Crippen LogP contribution in [0.3, 0.4) is 0 Å². The summed E-state index contributed by atoms with van der Waals surface area (Å²) in [6, 6.07) is 75.2. The maximum Gasteiger partial charge on any atom is 0.0541 e. The van der Waals surface area contributed by atoms with Crippen molar-refractivity contribution in [2.75, 3.05) is 4.90 Å². The molecule has 0 unspecified atom stereocenters. The van der Waals surface area contributed by atoms with Crippen LogP contribution in [0.4, 0.5) is 17.1 Å². The molecule has 0 N–H and O–H groups in total.